The number of carbonyl (C=O) groups excluding carboxylic acids is 2. The lowest BCUT2D eigenvalue weighted by molar-refractivity contribution is -0.126. The molecule has 170 valence electrons. The summed E-state index contributed by atoms with van der Waals surface area (Å²) in [6, 6.07) is 14.1. The maximum atomic E-state index is 13.3. The van der Waals surface area contributed by atoms with Crippen molar-refractivity contribution in [2.24, 2.45) is 5.41 Å². The lowest BCUT2D eigenvalue weighted by Gasteiger charge is -2.30. The van der Waals surface area contributed by atoms with Crippen LogP contribution in [0.25, 0.3) is 6.08 Å². The molecule has 1 aliphatic carbocycles. The van der Waals surface area contributed by atoms with Crippen LogP contribution < -0.4 is 0 Å². The van der Waals surface area contributed by atoms with Crippen molar-refractivity contribution in [2.75, 3.05) is 6.54 Å². The number of aromatic nitrogens is 2. The number of nitrogens with zero attached hydrogens (tertiary/aromatic N) is 3. The zero-order valence-electron chi connectivity index (χ0n) is 19.2. The molecule has 2 aromatic heterocycles. The number of hydrogen-bond acceptors (Lipinski definition) is 4. The number of likely N-dealkylation sites (tertiary alicyclic amines) is 1. The van der Waals surface area contributed by atoms with Crippen LogP contribution in [-0.2, 0) is 17.8 Å². The van der Waals surface area contributed by atoms with Crippen LogP contribution in [0, 0.1) is 5.41 Å². The predicted octanol–water partition coefficient (Wildman–Crippen LogP) is 5.52. The van der Waals surface area contributed by atoms with Gasteiger partial charge in [0.25, 0.3) is 0 Å². The van der Waals surface area contributed by atoms with E-state index < -0.39 is 0 Å². The van der Waals surface area contributed by atoms with E-state index in [1.807, 2.05) is 51.4 Å². The van der Waals surface area contributed by atoms with Crippen molar-refractivity contribution in [3.8, 4) is 0 Å². The van der Waals surface area contributed by atoms with E-state index in [1.54, 1.807) is 17.4 Å². The Morgan fingerprint density at radius 3 is 2.76 bits per heavy atom. The number of fused-ring (bicyclic) bond motifs is 1. The minimum absolute atomic E-state index is 0.0131. The molecule has 0 N–H and O–H groups in total. The molecule has 0 unspecified atom stereocenters. The lowest BCUT2D eigenvalue weighted by Crippen LogP contribution is -2.32. The van der Waals surface area contributed by atoms with Crippen LogP contribution in [0.4, 0.5) is 0 Å². The molecule has 0 radical (unpaired) electrons. The highest BCUT2D eigenvalue weighted by Crippen LogP contribution is 2.41. The normalized spacial score (nSPS) is 19.9. The summed E-state index contributed by atoms with van der Waals surface area (Å²) in [6.07, 6.45) is 6.62. The van der Waals surface area contributed by atoms with Gasteiger partial charge in [0.2, 0.25) is 5.91 Å². The first-order valence-electron chi connectivity index (χ1n) is 11.6. The van der Waals surface area contributed by atoms with Crippen molar-refractivity contribution in [3.63, 3.8) is 0 Å². The molecule has 0 spiro atoms. The fraction of sp³-hybridized carbons (Fsp3) is 0.370. The maximum absolute atomic E-state index is 13.3. The first kappa shape index (κ1) is 21.8. The first-order chi connectivity index (χ1) is 15.9. The molecule has 3 heterocycles. The smallest absolute Gasteiger partial charge is 0.247 e. The molecule has 3 aromatic rings. The summed E-state index contributed by atoms with van der Waals surface area (Å²) in [4.78, 5) is 29.4. The molecule has 1 atom stereocenters. The Kier molecular flexibility index (Phi) is 5.79. The van der Waals surface area contributed by atoms with E-state index >= 15 is 0 Å². The topological polar surface area (TPSA) is 55.2 Å². The van der Waals surface area contributed by atoms with E-state index in [-0.39, 0.29) is 23.1 Å². The average molecular weight is 460 g/mol. The van der Waals surface area contributed by atoms with E-state index in [9.17, 15) is 9.59 Å². The highest BCUT2D eigenvalue weighted by atomic mass is 32.1. The summed E-state index contributed by atoms with van der Waals surface area (Å²) in [5.41, 5.74) is 3.63. The van der Waals surface area contributed by atoms with Gasteiger partial charge in [-0.15, -0.1) is 11.3 Å². The largest absolute Gasteiger partial charge is 0.330 e. The molecule has 1 saturated heterocycles. The molecule has 1 aromatic carbocycles. The van der Waals surface area contributed by atoms with Gasteiger partial charge in [0.15, 0.2) is 5.78 Å². The van der Waals surface area contributed by atoms with Gasteiger partial charge in [-0.3, -0.25) is 14.3 Å². The standard InChI is InChI=1S/C27H29N3O2S/c1-27(2)16-22-25(23(31)17-27)26(28-30(22)18-19-8-4-3-5-9-19)21-11-6-14-29(21)24(32)13-12-20-10-7-15-33-20/h3-5,7-10,12-13,15,21H,6,11,14,16-18H2,1-2H3/b13-12+/t21-/m0/s1. The molecule has 0 bridgehead atoms. The van der Waals surface area contributed by atoms with Gasteiger partial charge in [-0.2, -0.15) is 5.10 Å². The van der Waals surface area contributed by atoms with Gasteiger partial charge in [0.1, 0.15) is 0 Å². The number of thiophene rings is 1. The Morgan fingerprint density at radius 2 is 2.00 bits per heavy atom. The Balaban J connectivity index is 1.50. The zero-order chi connectivity index (χ0) is 23.0. The van der Waals surface area contributed by atoms with Crippen LogP contribution in [0.5, 0.6) is 0 Å². The Labute approximate surface area is 198 Å². The quantitative estimate of drug-likeness (QED) is 0.472. The number of hydrogen-bond donors (Lipinski definition) is 0. The summed E-state index contributed by atoms with van der Waals surface area (Å²) < 4.78 is 2.02. The third-order valence-corrected chi connectivity index (χ3v) is 7.45. The van der Waals surface area contributed by atoms with E-state index in [4.69, 9.17) is 5.10 Å². The second-order valence-electron chi connectivity index (χ2n) is 9.83. The molecular formula is C27H29N3O2S. The molecule has 1 fully saturated rings. The number of benzene rings is 1. The van der Waals surface area contributed by atoms with Crippen molar-refractivity contribution >= 4 is 29.1 Å². The third-order valence-electron chi connectivity index (χ3n) is 6.61. The van der Waals surface area contributed by atoms with E-state index in [2.05, 4.69) is 26.0 Å². The monoisotopic (exact) mass is 459 g/mol. The molecule has 5 nitrogen and oxygen atoms in total. The number of Topliss-reactive ketones (excluding diaryl/α,β-unsaturated/α-hetero) is 1. The van der Waals surface area contributed by atoms with Gasteiger partial charge in [-0.05, 0) is 47.8 Å². The highest BCUT2D eigenvalue weighted by Gasteiger charge is 2.41. The van der Waals surface area contributed by atoms with Crippen molar-refractivity contribution in [1.82, 2.24) is 14.7 Å². The van der Waals surface area contributed by atoms with Crippen molar-refractivity contribution in [3.05, 3.63) is 81.3 Å². The van der Waals surface area contributed by atoms with Crippen LogP contribution >= 0.6 is 11.3 Å². The summed E-state index contributed by atoms with van der Waals surface area (Å²) in [5.74, 6) is 0.143. The van der Waals surface area contributed by atoms with Crippen molar-refractivity contribution in [1.29, 1.82) is 0 Å². The number of rotatable bonds is 5. The minimum Gasteiger partial charge on any atom is -0.330 e. The molecule has 5 rings (SSSR count). The predicted molar refractivity (Wildman–Crippen MR) is 131 cm³/mol. The second-order valence-corrected chi connectivity index (χ2v) is 10.8. The molecule has 6 heteroatoms. The molecule has 0 saturated carbocycles. The molecule has 2 aliphatic rings. The van der Waals surface area contributed by atoms with Crippen molar-refractivity contribution < 1.29 is 9.59 Å². The minimum atomic E-state index is -0.151. The number of amides is 1. The Bertz CT molecular complexity index is 1190. The van der Waals surface area contributed by atoms with Gasteiger partial charge in [0.05, 0.1) is 29.5 Å². The van der Waals surface area contributed by atoms with Crippen LogP contribution in [-0.4, -0.2) is 32.9 Å². The van der Waals surface area contributed by atoms with Gasteiger partial charge in [0, 0.05) is 23.9 Å². The maximum Gasteiger partial charge on any atom is 0.247 e. The average Bonchev–Trinajstić information content (AvgIpc) is 3.52. The first-order valence-corrected chi connectivity index (χ1v) is 12.5. The van der Waals surface area contributed by atoms with E-state index in [0.29, 0.717) is 19.5 Å². The van der Waals surface area contributed by atoms with E-state index in [1.165, 1.54) is 0 Å². The lowest BCUT2D eigenvalue weighted by atomic mass is 9.75. The molecule has 1 aliphatic heterocycles. The van der Waals surface area contributed by atoms with Crippen LogP contribution in [0.1, 0.15) is 71.3 Å². The van der Waals surface area contributed by atoms with Crippen LogP contribution in [0.3, 0.4) is 0 Å². The highest BCUT2D eigenvalue weighted by molar-refractivity contribution is 7.10. The summed E-state index contributed by atoms with van der Waals surface area (Å²) in [7, 11) is 0. The fourth-order valence-corrected chi connectivity index (χ4v) is 5.73. The Morgan fingerprint density at radius 1 is 1.18 bits per heavy atom. The van der Waals surface area contributed by atoms with Gasteiger partial charge < -0.3 is 4.90 Å². The zero-order valence-corrected chi connectivity index (χ0v) is 20.0. The SMILES string of the molecule is CC1(C)CC(=O)c2c([C@@H]3CCCN3C(=O)/C=C/c3cccs3)nn(Cc3ccccc3)c2C1. The number of carbonyl (C=O) groups is 2. The van der Waals surface area contributed by atoms with Gasteiger partial charge in [-0.25, -0.2) is 0 Å². The van der Waals surface area contributed by atoms with Crippen LogP contribution in [0.2, 0.25) is 0 Å². The fourth-order valence-electron chi connectivity index (χ4n) is 5.11. The molecule has 1 amide bonds. The van der Waals surface area contributed by atoms with Gasteiger partial charge in [-0.1, -0.05) is 50.2 Å². The molecule has 33 heavy (non-hydrogen) atoms. The Hall–Kier alpha value is -2.99. The molecular weight excluding hydrogens is 430 g/mol. The van der Waals surface area contributed by atoms with Gasteiger partial charge >= 0.3 is 0 Å². The van der Waals surface area contributed by atoms with Crippen molar-refractivity contribution in [2.45, 2.75) is 52.1 Å². The summed E-state index contributed by atoms with van der Waals surface area (Å²) in [6.45, 7) is 5.62. The van der Waals surface area contributed by atoms with Crippen LogP contribution in [0.15, 0.2) is 53.9 Å². The number of ketones is 1. The second kappa shape index (κ2) is 8.75. The summed E-state index contributed by atoms with van der Waals surface area (Å²) >= 11 is 1.61. The summed E-state index contributed by atoms with van der Waals surface area (Å²) in [5, 5.41) is 7.01. The third kappa shape index (κ3) is 4.44. The van der Waals surface area contributed by atoms with E-state index in [0.717, 1.165) is 46.7 Å².